The van der Waals surface area contributed by atoms with Gasteiger partial charge in [0, 0.05) is 16.6 Å². The molecule has 6 heteroatoms. The van der Waals surface area contributed by atoms with Crippen LogP contribution in [0.25, 0.3) is 0 Å². The number of nitrogens with zero attached hydrogens (tertiary/aromatic N) is 1. The van der Waals surface area contributed by atoms with Gasteiger partial charge in [0.05, 0.1) is 0 Å². The van der Waals surface area contributed by atoms with E-state index >= 15 is 0 Å². The zero-order chi connectivity index (χ0) is 18.6. The number of rotatable bonds is 6. The van der Waals surface area contributed by atoms with Crippen molar-refractivity contribution in [1.29, 1.82) is 0 Å². The lowest BCUT2D eigenvalue weighted by atomic mass is 10.0. The SMILES string of the molecule is Cc1ccccc1C(=O)NC(C(=O)Nc1ncc(C(C)C)s1)C(C)C. The number of thiazole rings is 1. The third kappa shape index (κ3) is 4.89. The maximum Gasteiger partial charge on any atom is 0.252 e. The molecule has 2 aromatic rings. The van der Waals surface area contributed by atoms with Gasteiger partial charge < -0.3 is 10.6 Å². The molecule has 0 bridgehead atoms. The maximum absolute atomic E-state index is 12.6. The van der Waals surface area contributed by atoms with Gasteiger partial charge in [0.15, 0.2) is 5.13 Å². The first-order chi connectivity index (χ1) is 11.8. The molecule has 0 fully saturated rings. The molecule has 0 saturated heterocycles. The van der Waals surface area contributed by atoms with Crippen molar-refractivity contribution < 1.29 is 9.59 Å². The maximum atomic E-state index is 12.6. The summed E-state index contributed by atoms with van der Waals surface area (Å²) in [6.45, 7) is 9.85. The highest BCUT2D eigenvalue weighted by Gasteiger charge is 2.26. The molecule has 134 valence electrons. The molecule has 5 nitrogen and oxygen atoms in total. The van der Waals surface area contributed by atoms with E-state index in [2.05, 4.69) is 29.5 Å². The summed E-state index contributed by atoms with van der Waals surface area (Å²) in [7, 11) is 0. The van der Waals surface area contributed by atoms with Crippen molar-refractivity contribution in [3.05, 3.63) is 46.5 Å². The minimum absolute atomic E-state index is 0.0440. The van der Waals surface area contributed by atoms with Gasteiger partial charge in [-0.1, -0.05) is 45.9 Å². The molecule has 2 amide bonds. The number of nitrogens with one attached hydrogen (secondary N) is 2. The van der Waals surface area contributed by atoms with Crippen LogP contribution >= 0.6 is 11.3 Å². The standard InChI is InChI=1S/C19H25N3O2S/c1-11(2)15-10-20-19(25-15)22-18(24)16(12(3)4)21-17(23)14-9-7-6-8-13(14)5/h6-12,16H,1-5H3,(H,21,23)(H,20,22,24). The number of hydrogen-bond donors (Lipinski definition) is 2. The summed E-state index contributed by atoms with van der Waals surface area (Å²) in [6.07, 6.45) is 1.78. The summed E-state index contributed by atoms with van der Waals surface area (Å²) < 4.78 is 0. The van der Waals surface area contributed by atoms with Crippen LogP contribution in [0.4, 0.5) is 5.13 Å². The summed E-state index contributed by atoms with van der Waals surface area (Å²) >= 11 is 1.46. The van der Waals surface area contributed by atoms with Gasteiger partial charge in [0.25, 0.3) is 5.91 Å². The molecule has 0 radical (unpaired) electrons. The van der Waals surface area contributed by atoms with E-state index in [1.165, 1.54) is 11.3 Å². The molecule has 1 unspecified atom stereocenters. The Morgan fingerprint density at radius 3 is 2.36 bits per heavy atom. The molecule has 1 heterocycles. The minimum atomic E-state index is -0.626. The lowest BCUT2D eigenvalue weighted by Gasteiger charge is -2.21. The first kappa shape index (κ1) is 19.1. The third-order valence-electron chi connectivity index (χ3n) is 3.95. The molecule has 2 N–H and O–H groups in total. The number of amides is 2. The summed E-state index contributed by atoms with van der Waals surface area (Å²) in [5, 5.41) is 6.23. The summed E-state index contributed by atoms with van der Waals surface area (Å²) in [4.78, 5) is 30.5. The molecule has 1 aromatic carbocycles. The summed E-state index contributed by atoms with van der Waals surface area (Å²) in [5.74, 6) is -0.169. The Balaban J connectivity index is 2.10. The number of hydrogen-bond acceptors (Lipinski definition) is 4. The van der Waals surface area contributed by atoms with Crippen molar-refractivity contribution in [2.24, 2.45) is 5.92 Å². The van der Waals surface area contributed by atoms with E-state index in [0.717, 1.165) is 10.4 Å². The van der Waals surface area contributed by atoms with E-state index in [9.17, 15) is 9.59 Å². The molecule has 0 aliphatic carbocycles. The van der Waals surface area contributed by atoms with Crippen molar-refractivity contribution >= 4 is 28.3 Å². The molecule has 1 aromatic heterocycles. The molecule has 0 aliphatic rings. The Hall–Kier alpha value is -2.21. The lowest BCUT2D eigenvalue weighted by Crippen LogP contribution is -2.47. The predicted octanol–water partition coefficient (Wildman–Crippen LogP) is 3.97. The van der Waals surface area contributed by atoms with E-state index < -0.39 is 6.04 Å². The zero-order valence-electron chi connectivity index (χ0n) is 15.3. The second kappa shape index (κ2) is 8.25. The highest BCUT2D eigenvalue weighted by molar-refractivity contribution is 7.15. The van der Waals surface area contributed by atoms with E-state index in [0.29, 0.717) is 16.6 Å². The van der Waals surface area contributed by atoms with Crippen molar-refractivity contribution in [2.45, 2.75) is 46.6 Å². The molecule has 2 rings (SSSR count). The van der Waals surface area contributed by atoms with Crippen molar-refractivity contribution in [3.8, 4) is 0 Å². The van der Waals surface area contributed by atoms with Gasteiger partial charge in [-0.05, 0) is 30.4 Å². The van der Waals surface area contributed by atoms with E-state index in [4.69, 9.17) is 0 Å². The number of benzene rings is 1. The normalized spacial score (nSPS) is 12.3. The van der Waals surface area contributed by atoms with Crippen molar-refractivity contribution in [1.82, 2.24) is 10.3 Å². The van der Waals surface area contributed by atoms with Gasteiger partial charge in [-0.3, -0.25) is 9.59 Å². The van der Waals surface area contributed by atoms with Crippen LogP contribution in [0.2, 0.25) is 0 Å². The number of carbonyl (C=O) groups excluding carboxylic acids is 2. The predicted molar refractivity (Wildman–Crippen MR) is 102 cm³/mol. The van der Waals surface area contributed by atoms with Gasteiger partial charge in [-0.15, -0.1) is 11.3 Å². The van der Waals surface area contributed by atoms with Crippen LogP contribution < -0.4 is 10.6 Å². The highest BCUT2D eigenvalue weighted by atomic mass is 32.1. The van der Waals surface area contributed by atoms with Gasteiger partial charge in [0.1, 0.15) is 6.04 Å². The van der Waals surface area contributed by atoms with Crippen LogP contribution in [0.1, 0.15) is 54.4 Å². The van der Waals surface area contributed by atoms with Crippen molar-refractivity contribution in [2.75, 3.05) is 5.32 Å². The fourth-order valence-corrected chi connectivity index (χ4v) is 3.20. The van der Waals surface area contributed by atoms with Crippen LogP contribution in [0.5, 0.6) is 0 Å². The first-order valence-electron chi connectivity index (χ1n) is 8.42. The molecule has 0 saturated carbocycles. The third-order valence-corrected chi connectivity index (χ3v) is 5.16. The van der Waals surface area contributed by atoms with Crippen LogP contribution in [-0.2, 0) is 4.79 Å². The lowest BCUT2D eigenvalue weighted by molar-refractivity contribution is -0.118. The molecule has 0 spiro atoms. The van der Waals surface area contributed by atoms with Gasteiger partial charge >= 0.3 is 0 Å². The molecule has 25 heavy (non-hydrogen) atoms. The molecule has 1 atom stereocenters. The molecular weight excluding hydrogens is 334 g/mol. The Morgan fingerprint density at radius 1 is 1.12 bits per heavy atom. The molecular formula is C19H25N3O2S. The van der Waals surface area contributed by atoms with Gasteiger partial charge in [-0.2, -0.15) is 0 Å². The quantitative estimate of drug-likeness (QED) is 0.820. The van der Waals surface area contributed by atoms with Crippen LogP contribution in [0, 0.1) is 12.8 Å². The monoisotopic (exact) mass is 359 g/mol. The Kier molecular flexibility index (Phi) is 6.31. The number of aryl methyl sites for hydroxylation is 1. The number of aromatic nitrogens is 1. The number of carbonyl (C=O) groups is 2. The molecule has 0 aliphatic heterocycles. The van der Waals surface area contributed by atoms with E-state index in [1.54, 1.807) is 12.3 Å². The fourth-order valence-electron chi connectivity index (χ4n) is 2.38. The van der Waals surface area contributed by atoms with Crippen LogP contribution in [0.15, 0.2) is 30.5 Å². The average Bonchev–Trinajstić information content (AvgIpc) is 3.01. The smallest absolute Gasteiger partial charge is 0.252 e. The van der Waals surface area contributed by atoms with Gasteiger partial charge in [0.2, 0.25) is 5.91 Å². The van der Waals surface area contributed by atoms with Gasteiger partial charge in [-0.25, -0.2) is 4.98 Å². The summed E-state index contributed by atoms with van der Waals surface area (Å²) in [6, 6.07) is 6.71. The Labute approximate surface area is 152 Å². The number of anilines is 1. The van der Waals surface area contributed by atoms with Crippen molar-refractivity contribution in [3.63, 3.8) is 0 Å². The topological polar surface area (TPSA) is 71.1 Å². The second-order valence-corrected chi connectivity index (χ2v) is 7.78. The highest BCUT2D eigenvalue weighted by Crippen LogP contribution is 2.25. The summed E-state index contributed by atoms with van der Waals surface area (Å²) in [5.41, 5.74) is 1.46. The van der Waals surface area contributed by atoms with Crippen LogP contribution in [0.3, 0.4) is 0 Å². The largest absolute Gasteiger partial charge is 0.340 e. The average molecular weight is 359 g/mol. The van der Waals surface area contributed by atoms with E-state index in [1.807, 2.05) is 39.0 Å². The first-order valence-corrected chi connectivity index (χ1v) is 9.24. The second-order valence-electron chi connectivity index (χ2n) is 6.72. The van der Waals surface area contributed by atoms with Crippen LogP contribution in [-0.4, -0.2) is 22.8 Å². The Morgan fingerprint density at radius 2 is 1.80 bits per heavy atom. The van der Waals surface area contributed by atoms with E-state index in [-0.39, 0.29) is 17.7 Å². The Bertz CT molecular complexity index is 753. The fraction of sp³-hybridized carbons (Fsp3) is 0.421. The zero-order valence-corrected chi connectivity index (χ0v) is 16.1. The minimum Gasteiger partial charge on any atom is -0.340 e.